The van der Waals surface area contributed by atoms with Gasteiger partial charge in [-0.15, -0.1) is 0 Å². The van der Waals surface area contributed by atoms with Crippen molar-refractivity contribution in [1.82, 2.24) is 4.72 Å². The van der Waals surface area contributed by atoms with Crippen LogP contribution in [-0.2, 0) is 10.0 Å². The second-order valence-corrected chi connectivity index (χ2v) is 11.5. The second kappa shape index (κ2) is 6.96. The Morgan fingerprint density at radius 3 is 2.34 bits per heavy atom. The lowest BCUT2D eigenvalue weighted by Gasteiger charge is -2.28. The molecule has 5 nitrogen and oxygen atoms in total. The van der Waals surface area contributed by atoms with Crippen molar-refractivity contribution in [2.45, 2.75) is 75.4 Å². The van der Waals surface area contributed by atoms with Gasteiger partial charge in [0, 0.05) is 6.07 Å². The number of carbonyl (C=O) groups is 1. The Morgan fingerprint density at radius 2 is 1.76 bits per heavy atom. The van der Waals surface area contributed by atoms with E-state index in [2.05, 4.69) is 0 Å². The van der Waals surface area contributed by atoms with Gasteiger partial charge < -0.3 is 4.74 Å². The maximum Gasteiger partial charge on any atom is 0.267 e. The summed E-state index contributed by atoms with van der Waals surface area (Å²) < 4.78 is 46.8. The number of rotatable bonds is 7. The molecule has 0 atom stereocenters. The molecular formula is C22H28FNO4S. The Hall–Kier alpha value is -1.63. The van der Waals surface area contributed by atoms with Crippen LogP contribution in [0.1, 0.15) is 86.0 Å². The first kappa shape index (κ1) is 19.3. The van der Waals surface area contributed by atoms with Crippen LogP contribution in [0, 0.1) is 17.2 Å². The molecule has 4 fully saturated rings. The third kappa shape index (κ3) is 4.16. The van der Waals surface area contributed by atoms with Crippen LogP contribution in [0.2, 0.25) is 0 Å². The van der Waals surface area contributed by atoms with Crippen molar-refractivity contribution in [3.63, 3.8) is 0 Å². The smallest absolute Gasteiger partial charge is 0.267 e. The van der Waals surface area contributed by atoms with Crippen molar-refractivity contribution in [2.75, 3.05) is 6.61 Å². The van der Waals surface area contributed by atoms with E-state index in [-0.39, 0.29) is 11.5 Å². The minimum Gasteiger partial charge on any atom is -0.493 e. The van der Waals surface area contributed by atoms with Crippen LogP contribution < -0.4 is 9.46 Å². The van der Waals surface area contributed by atoms with Gasteiger partial charge >= 0.3 is 0 Å². The Labute approximate surface area is 171 Å². The molecule has 0 unspecified atom stereocenters. The van der Waals surface area contributed by atoms with Gasteiger partial charge in [-0.1, -0.05) is 0 Å². The molecule has 4 aliphatic rings. The summed E-state index contributed by atoms with van der Waals surface area (Å²) in [5, 5.41) is -0.523. The molecular weight excluding hydrogens is 393 g/mol. The predicted molar refractivity (Wildman–Crippen MR) is 107 cm³/mol. The van der Waals surface area contributed by atoms with E-state index < -0.39 is 27.0 Å². The monoisotopic (exact) mass is 421 g/mol. The van der Waals surface area contributed by atoms with Gasteiger partial charge in [0.25, 0.3) is 5.91 Å². The SMILES string of the molecule is O=C(NS(=O)(=O)C1CC1)c1cc(C2CC2)c(OCC2CCC3(CC2)CC3)cc1F. The molecule has 1 spiro atoms. The molecule has 4 aliphatic carbocycles. The highest BCUT2D eigenvalue weighted by Crippen LogP contribution is 2.57. The zero-order valence-electron chi connectivity index (χ0n) is 16.6. The third-order valence-corrected chi connectivity index (χ3v) is 8.98. The molecule has 1 aromatic carbocycles. The lowest BCUT2D eigenvalue weighted by atomic mass is 9.80. The molecule has 7 heteroatoms. The van der Waals surface area contributed by atoms with Crippen molar-refractivity contribution in [3.8, 4) is 5.75 Å². The van der Waals surface area contributed by atoms with E-state index >= 15 is 0 Å². The number of amides is 1. The first-order valence-corrected chi connectivity index (χ1v) is 12.4. The lowest BCUT2D eigenvalue weighted by molar-refractivity contribution is 0.0977. The van der Waals surface area contributed by atoms with E-state index in [0.29, 0.717) is 36.5 Å². The van der Waals surface area contributed by atoms with Crippen LogP contribution >= 0.6 is 0 Å². The Bertz CT molecular complexity index is 922. The number of hydrogen-bond acceptors (Lipinski definition) is 4. The summed E-state index contributed by atoms with van der Waals surface area (Å²) in [4.78, 5) is 12.4. The molecule has 0 aromatic heterocycles. The van der Waals surface area contributed by atoms with Crippen LogP contribution in [0.25, 0.3) is 0 Å². The average molecular weight is 422 g/mol. The zero-order chi connectivity index (χ0) is 20.2. The first-order valence-electron chi connectivity index (χ1n) is 10.9. The predicted octanol–water partition coefficient (Wildman–Crippen LogP) is 4.27. The van der Waals surface area contributed by atoms with Crippen LogP contribution in [0.15, 0.2) is 12.1 Å². The maximum absolute atomic E-state index is 14.7. The van der Waals surface area contributed by atoms with Gasteiger partial charge in [0.1, 0.15) is 11.6 Å². The number of hydrogen-bond donors (Lipinski definition) is 1. The van der Waals surface area contributed by atoms with E-state index in [0.717, 1.165) is 18.4 Å². The van der Waals surface area contributed by atoms with E-state index in [1.165, 1.54) is 50.7 Å². The van der Waals surface area contributed by atoms with Crippen LogP contribution in [0.3, 0.4) is 0 Å². The van der Waals surface area contributed by atoms with E-state index in [9.17, 15) is 17.6 Å². The number of carbonyl (C=O) groups excluding carboxylic acids is 1. The summed E-state index contributed by atoms with van der Waals surface area (Å²) >= 11 is 0. The second-order valence-electron chi connectivity index (χ2n) is 9.57. The summed E-state index contributed by atoms with van der Waals surface area (Å²) in [7, 11) is -3.71. The molecule has 1 N–H and O–H groups in total. The van der Waals surface area contributed by atoms with Crippen molar-refractivity contribution >= 4 is 15.9 Å². The van der Waals surface area contributed by atoms with Crippen molar-refractivity contribution in [3.05, 3.63) is 29.1 Å². The molecule has 1 amide bonds. The summed E-state index contributed by atoms with van der Waals surface area (Å²) in [5.74, 6) is -0.335. The highest BCUT2D eigenvalue weighted by atomic mass is 32.2. The van der Waals surface area contributed by atoms with Crippen LogP contribution in [0.4, 0.5) is 4.39 Å². The summed E-state index contributed by atoms with van der Waals surface area (Å²) in [6, 6.07) is 2.78. The zero-order valence-corrected chi connectivity index (χ0v) is 17.4. The summed E-state index contributed by atoms with van der Waals surface area (Å²) in [5.41, 5.74) is 1.25. The average Bonchev–Trinajstić information content (AvgIpc) is 3.54. The molecule has 0 bridgehead atoms. The van der Waals surface area contributed by atoms with Gasteiger partial charge in [-0.05, 0) is 93.1 Å². The molecule has 0 radical (unpaired) electrons. The highest BCUT2D eigenvalue weighted by Gasteiger charge is 2.44. The quantitative estimate of drug-likeness (QED) is 0.713. The van der Waals surface area contributed by atoms with E-state index in [1.54, 1.807) is 0 Å². The van der Waals surface area contributed by atoms with Gasteiger partial charge in [0.15, 0.2) is 0 Å². The molecule has 29 heavy (non-hydrogen) atoms. The van der Waals surface area contributed by atoms with Crippen molar-refractivity contribution in [1.29, 1.82) is 0 Å². The number of sulfonamides is 1. The van der Waals surface area contributed by atoms with Gasteiger partial charge in [0.05, 0.1) is 17.4 Å². The van der Waals surface area contributed by atoms with Crippen LogP contribution in [-0.4, -0.2) is 26.2 Å². The molecule has 1 aromatic rings. The van der Waals surface area contributed by atoms with Gasteiger partial charge in [0.2, 0.25) is 10.0 Å². The number of halogens is 1. The Kier molecular flexibility index (Phi) is 4.64. The van der Waals surface area contributed by atoms with Gasteiger partial charge in [-0.3, -0.25) is 4.79 Å². The third-order valence-electron chi connectivity index (χ3n) is 7.16. The van der Waals surface area contributed by atoms with Gasteiger partial charge in [-0.2, -0.15) is 0 Å². The van der Waals surface area contributed by atoms with E-state index in [1.807, 2.05) is 4.72 Å². The molecule has 0 heterocycles. The first-order chi connectivity index (χ1) is 13.9. The molecule has 0 saturated heterocycles. The van der Waals surface area contributed by atoms with Crippen molar-refractivity contribution in [2.24, 2.45) is 11.3 Å². The fraction of sp³-hybridized carbons (Fsp3) is 0.682. The molecule has 4 saturated carbocycles. The lowest BCUT2D eigenvalue weighted by Crippen LogP contribution is -2.33. The molecule has 5 rings (SSSR count). The standard InChI is InChI=1S/C22H28FNO4S/c23-19-12-20(28-13-14-5-7-22(8-6-14)9-10-22)17(15-1-2-15)11-18(19)21(25)24-29(26,27)16-3-4-16/h11-12,14-16H,1-10,13H2,(H,24,25). The molecule has 158 valence electrons. The number of ether oxygens (including phenoxy) is 1. The van der Waals surface area contributed by atoms with Crippen molar-refractivity contribution < 1.29 is 22.3 Å². The fourth-order valence-corrected chi connectivity index (χ4v) is 5.86. The summed E-state index contributed by atoms with van der Waals surface area (Å²) in [6.07, 6.45) is 10.7. The number of nitrogens with one attached hydrogen (secondary N) is 1. The minimum absolute atomic E-state index is 0.211. The van der Waals surface area contributed by atoms with E-state index in [4.69, 9.17) is 4.74 Å². The largest absolute Gasteiger partial charge is 0.493 e. The van der Waals surface area contributed by atoms with Gasteiger partial charge in [-0.25, -0.2) is 17.5 Å². The van der Waals surface area contributed by atoms with Crippen LogP contribution in [0.5, 0.6) is 5.75 Å². The minimum atomic E-state index is -3.71. The molecule has 0 aliphatic heterocycles. The Balaban J connectivity index is 1.29. The summed E-state index contributed by atoms with van der Waals surface area (Å²) in [6.45, 7) is 0.580. The Morgan fingerprint density at radius 1 is 1.07 bits per heavy atom. The maximum atomic E-state index is 14.7. The number of benzene rings is 1. The topological polar surface area (TPSA) is 72.5 Å². The highest BCUT2D eigenvalue weighted by molar-refractivity contribution is 7.91. The fourth-order valence-electron chi connectivity index (χ4n) is 4.57. The normalized spacial score (nSPS) is 23.8.